The van der Waals surface area contributed by atoms with Gasteiger partial charge in [-0.05, 0) is 20.3 Å². The molecule has 0 saturated carbocycles. The van der Waals surface area contributed by atoms with E-state index in [9.17, 15) is 10.2 Å². The third-order valence-corrected chi connectivity index (χ3v) is 4.36. The largest absolute Gasteiger partial charge is 0.394 e. The summed E-state index contributed by atoms with van der Waals surface area (Å²) in [4.78, 5) is 4.01. The molecule has 3 rings (SSSR count). The first-order valence-corrected chi connectivity index (χ1v) is 7.45. The van der Waals surface area contributed by atoms with E-state index in [1.165, 1.54) is 6.34 Å². The molecule has 122 valence electrons. The van der Waals surface area contributed by atoms with Gasteiger partial charge in [0.1, 0.15) is 23.8 Å². The quantitative estimate of drug-likeness (QED) is 0.646. The zero-order chi connectivity index (χ0) is 16.0. The van der Waals surface area contributed by atoms with Gasteiger partial charge in [-0.25, -0.2) is 4.99 Å². The Kier molecular flexibility index (Phi) is 3.72. The van der Waals surface area contributed by atoms with E-state index in [0.717, 1.165) is 0 Å². The van der Waals surface area contributed by atoms with Gasteiger partial charge >= 0.3 is 0 Å². The lowest BCUT2D eigenvalue weighted by Crippen LogP contribution is -2.56. The summed E-state index contributed by atoms with van der Waals surface area (Å²) in [5, 5.41) is 26.3. The van der Waals surface area contributed by atoms with E-state index in [1.807, 2.05) is 13.0 Å². The third-order valence-electron chi connectivity index (χ3n) is 4.36. The summed E-state index contributed by atoms with van der Waals surface area (Å²) in [5.74, 6) is -0.914. The van der Waals surface area contributed by atoms with Crippen molar-refractivity contribution in [2.45, 2.75) is 50.2 Å². The zero-order valence-electron chi connectivity index (χ0n) is 12.8. The van der Waals surface area contributed by atoms with E-state index in [1.54, 1.807) is 11.9 Å². The van der Waals surface area contributed by atoms with Gasteiger partial charge < -0.3 is 25.4 Å². The minimum absolute atomic E-state index is 0.186. The topological polar surface area (TPSA) is 113 Å². The number of rotatable bonds is 4. The molecule has 0 bridgehead atoms. The van der Waals surface area contributed by atoms with E-state index in [2.05, 4.69) is 10.1 Å². The number of nitrogens with zero attached hydrogens (tertiary/aromatic N) is 3. The lowest BCUT2D eigenvalue weighted by molar-refractivity contribution is -0.269. The Morgan fingerprint density at radius 2 is 2.36 bits per heavy atom. The van der Waals surface area contributed by atoms with Gasteiger partial charge in [0, 0.05) is 13.0 Å². The Labute approximate surface area is 128 Å². The molecule has 3 aliphatic rings. The molecular formula is C14H22N4O4. The second-order valence-corrected chi connectivity index (χ2v) is 5.92. The van der Waals surface area contributed by atoms with Crippen LogP contribution in [-0.2, 0) is 9.47 Å². The summed E-state index contributed by atoms with van der Waals surface area (Å²) >= 11 is 0. The fourth-order valence-corrected chi connectivity index (χ4v) is 3.38. The first-order valence-electron chi connectivity index (χ1n) is 7.45. The third kappa shape index (κ3) is 2.06. The summed E-state index contributed by atoms with van der Waals surface area (Å²) in [6.45, 7) is 3.64. The lowest BCUT2D eigenvalue weighted by Gasteiger charge is -2.42. The Morgan fingerprint density at radius 3 is 3.00 bits per heavy atom. The van der Waals surface area contributed by atoms with Crippen molar-refractivity contribution in [2.75, 3.05) is 13.2 Å². The van der Waals surface area contributed by atoms with Gasteiger partial charge in [-0.15, -0.1) is 0 Å². The molecule has 3 aliphatic heterocycles. The number of nitrogens with two attached hydrogens (primary N) is 1. The monoisotopic (exact) mass is 310 g/mol. The summed E-state index contributed by atoms with van der Waals surface area (Å²) < 4.78 is 11.8. The average molecular weight is 310 g/mol. The van der Waals surface area contributed by atoms with Crippen molar-refractivity contribution in [1.29, 1.82) is 0 Å². The van der Waals surface area contributed by atoms with Crippen LogP contribution in [0.5, 0.6) is 0 Å². The molecular weight excluding hydrogens is 288 g/mol. The van der Waals surface area contributed by atoms with E-state index in [-0.39, 0.29) is 19.1 Å². The van der Waals surface area contributed by atoms with Crippen molar-refractivity contribution >= 4 is 12.2 Å². The summed E-state index contributed by atoms with van der Waals surface area (Å²) in [6, 6.07) is -0.190. The molecule has 0 aliphatic carbocycles. The van der Waals surface area contributed by atoms with Crippen molar-refractivity contribution < 1.29 is 19.7 Å². The Hall–Kier alpha value is -1.48. The molecule has 0 amide bonds. The van der Waals surface area contributed by atoms with Gasteiger partial charge in [-0.2, -0.15) is 5.10 Å². The van der Waals surface area contributed by atoms with Crippen molar-refractivity contribution in [3.8, 4) is 0 Å². The van der Waals surface area contributed by atoms with Gasteiger partial charge in [-0.1, -0.05) is 6.08 Å². The second-order valence-electron chi connectivity index (χ2n) is 5.92. The van der Waals surface area contributed by atoms with Crippen LogP contribution in [0.25, 0.3) is 0 Å². The molecule has 1 fully saturated rings. The number of aliphatic imine (C=N–C) groups is 1. The SMILES string of the molecule is CCOC1(C2=CCC3C(N)=NC=NN23)OC(CO)C[C@@]1(C)O. The number of hydrazone groups is 1. The predicted octanol–water partition coefficient (Wildman–Crippen LogP) is -0.476. The maximum atomic E-state index is 10.9. The summed E-state index contributed by atoms with van der Waals surface area (Å²) in [5.41, 5.74) is 5.23. The van der Waals surface area contributed by atoms with Crippen LogP contribution in [0.3, 0.4) is 0 Å². The summed E-state index contributed by atoms with van der Waals surface area (Å²) in [7, 11) is 0. The van der Waals surface area contributed by atoms with Gasteiger partial charge in [0.15, 0.2) is 0 Å². The van der Waals surface area contributed by atoms with Crippen LogP contribution >= 0.6 is 0 Å². The number of hydrogen-bond acceptors (Lipinski definition) is 8. The highest BCUT2D eigenvalue weighted by atomic mass is 16.7. The number of hydrogen-bond donors (Lipinski definition) is 3. The first kappa shape index (κ1) is 15.4. The summed E-state index contributed by atoms with van der Waals surface area (Å²) in [6.07, 6.45) is 3.66. The highest BCUT2D eigenvalue weighted by Gasteiger charge is 2.62. The highest BCUT2D eigenvalue weighted by Crippen LogP contribution is 2.48. The average Bonchev–Trinajstić information content (AvgIpc) is 3.00. The van der Waals surface area contributed by atoms with Gasteiger partial charge in [-0.3, -0.25) is 5.01 Å². The van der Waals surface area contributed by atoms with Crippen molar-refractivity contribution in [3.05, 3.63) is 11.8 Å². The van der Waals surface area contributed by atoms with Crippen LogP contribution in [0.15, 0.2) is 21.9 Å². The van der Waals surface area contributed by atoms with Crippen LogP contribution in [-0.4, -0.2) is 64.1 Å². The first-order chi connectivity index (χ1) is 10.4. The molecule has 0 spiro atoms. The van der Waals surface area contributed by atoms with Crippen molar-refractivity contribution in [3.63, 3.8) is 0 Å². The van der Waals surface area contributed by atoms with E-state index in [4.69, 9.17) is 15.2 Å². The minimum Gasteiger partial charge on any atom is -0.394 e. The Morgan fingerprint density at radius 1 is 1.59 bits per heavy atom. The fourth-order valence-electron chi connectivity index (χ4n) is 3.38. The molecule has 1 saturated heterocycles. The van der Waals surface area contributed by atoms with E-state index < -0.39 is 17.5 Å². The number of ether oxygens (including phenoxy) is 2. The molecule has 0 aromatic heterocycles. The molecule has 4 N–H and O–H groups in total. The van der Waals surface area contributed by atoms with Crippen molar-refractivity contribution in [2.24, 2.45) is 15.8 Å². The Bertz CT molecular complexity index is 545. The van der Waals surface area contributed by atoms with Gasteiger partial charge in [0.25, 0.3) is 0 Å². The van der Waals surface area contributed by atoms with Crippen LogP contribution in [0.1, 0.15) is 26.7 Å². The van der Waals surface area contributed by atoms with Gasteiger partial charge in [0.05, 0.1) is 18.4 Å². The van der Waals surface area contributed by atoms with E-state index in [0.29, 0.717) is 24.6 Å². The predicted molar refractivity (Wildman–Crippen MR) is 80.0 cm³/mol. The number of amidine groups is 1. The van der Waals surface area contributed by atoms with Crippen molar-refractivity contribution in [1.82, 2.24) is 5.01 Å². The molecule has 4 atom stereocenters. The van der Waals surface area contributed by atoms with Crippen LogP contribution < -0.4 is 5.73 Å². The number of aliphatic hydroxyl groups excluding tert-OH is 1. The molecule has 0 radical (unpaired) electrons. The second kappa shape index (κ2) is 5.31. The molecule has 3 heterocycles. The molecule has 8 heteroatoms. The Balaban J connectivity index is 1.99. The molecule has 22 heavy (non-hydrogen) atoms. The minimum atomic E-state index is -1.38. The smallest absolute Gasteiger partial charge is 0.241 e. The number of fused-ring (bicyclic) bond motifs is 1. The molecule has 8 nitrogen and oxygen atoms in total. The highest BCUT2D eigenvalue weighted by molar-refractivity contribution is 5.93. The maximum Gasteiger partial charge on any atom is 0.241 e. The normalized spacial score (nSPS) is 40.6. The molecule has 3 unspecified atom stereocenters. The zero-order valence-corrected chi connectivity index (χ0v) is 12.8. The maximum absolute atomic E-state index is 10.9. The van der Waals surface area contributed by atoms with Gasteiger partial charge in [0.2, 0.25) is 5.79 Å². The number of aliphatic hydroxyl groups is 2. The lowest BCUT2D eigenvalue weighted by atomic mass is 9.90. The van der Waals surface area contributed by atoms with Crippen LogP contribution in [0, 0.1) is 0 Å². The molecule has 0 aromatic carbocycles. The van der Waals surface area contributed by atoms with E-state index >= 15 is 0 Å². The molecule has 0 aromatic rings. The van der Waals surface area contributed by atoms with Crippen LogP contribution in [0.4, 0.5) is 0 Å². The fraction of sp³-hybridized carbons (Fsp3) is 0.714. The standard InChI is InChI=1S/C14H22N4O4/c1-3-21-14(13(2,20)6-9(7-19)22-14)11-5-4-10-12(15)16-8-17-18(10)11/h5,8-10,19-20H,3-4,6-7H2,1-2H3,(H2,15,16,17)/t9?,10?,13-,14?/m1/s1. The van der Waals surface area contributed by atoms with Crippen LogP contribution in [0.2, 0.25) is 0 Å².